The van der Waals surface area contributed by atoms with Gasteiger partial charge in [0.25, 0.3) is 5.91 Å². The fourth-order valence-electron chi connectivity index (χ4n) is 2.29. The van der Waals surface area contributed by atoms with Crippen molar-refractivity contribution >= 4 is 29.2 Å². The van der Waals surface area contributed by atoms with Crippen molar-refractivity contribution in [2.24, 2.45) is 0 Å². The fraction of sp³-hybridized carbons (Fsp3) is 0.267. The van der Waals surface area contributed by atoms with Crippen LogP contribution in [0.1, 0.15) is 12.5 Å². The van der Waals surface area contributed by atoms with Crippen LogP contribution in [0.4, 0.5) is 20.6 Å². The van der Waals surface area contributed by atoms with Crippen LogP contribution < -0.4 is 10.2 Å². The summed E-state index contributed by atoms with van der Waals surface area (Å²) in [5.41, 5.74) is 1.56. The maximum absolute atomic E-state index is 12.8. The van der Waals surface area contributed by atoms with Gasteiger partial charge in [-0.3, -0.25) is 19.4 Å². The van der Waals surface area contributed by atoms with Crippen molar-refractivity contribution in [1.82, 2.24) is 4.90 Å². The molecular formula is C15H16FN3O3. The maximum Gasteiger partial charge on any atom is 0.331 e. The number of imide groups is 1. The van der Waals surface area contributed by atoms with Gasteiger partial charge in [-0.25, -0.2) is 9.18 Å². The molecule has 6 nitrogen and oxygen atoms in total. The molecule has 116 valence electrons. The van der Waals surface area contributed by atoms with Gasteiger partial charge in [0.1, 0.15) is 0 Å². The predicted molar refractivity (Wildman–Crippen MR) is 80.2 cm³/mol. The topological polar surface area (TPSA) is 69.7 Å². The number of urea groups is 1. The Hall–Kier alpha value is -2.70. The molecule has 0 saturated carbocycles. The zero-order valence-electron chi connectivity index (χ0n) is 12.4. The van der Waals surface area contributed by atoms with Gasteiger partial charge in [-0.1, -0.05) is 12.6 Å². The Balaban J connectivity index is 2.30. The van der Waals surface area contributed by atoms with Gasteiger partial charge in [0.05, 0.1) is 5.69 Å². The van der Waals surface area contributed by atoms with Crippen LogP contribution in [-0.4, -0.2) is 35.8 Å². The van der Waals surface area contributed by atoms with E-state index >= 15 is 0 Å². The maximum atomic E-state index is 12.8. The van der Waals surface area contributed by atoms with Crippen molar-refractivity contribution in [2.75, 3.05) is 23.3 Å². The molecule has 0 unspecified atom stereocenters. The molecule has 1 aromatic carbocycles. The van der Waals surface area contributed by atoms with Crippen molar-refractivity contribution in [2.45, 2.75) is 13.8 Å². The predicted octanol–water partition coefficient (Wildman–Crippen LogP) is 2.21. The Kier molecular flexibility index (Phi) is 4.25. The number of nitrogens with one attached hydrogen (secondary N) is 1. The van der Waals surface area contributed by atoms with Crippen LogP contribution >= 0.6 is 0 Å². The summed E-state index contributed by atoms with van der Waals surface area (Å²) in [5, 5.41) is 2.39. The SMILES string of the molecule is C=C(F)C(=O)Nc1cccc(N2CCN(C(C)=O)C2=O)c1C. The minimum atomic E-state index is -1.09. The first-order chi connectivity index (χ1) is 10.3. The summed E-state index contributed by atoms with van der Waals surface area (Å²) in [5.74, 6) is -2.34. The number of carbonyl (C=O) groups excluding carboxylic acids is 3. The minimum Gasteiger partial charge on any atom is -0.320 e. The molecule has 0 aromatic heterocycles. The largest absolute Gasteiger partial charge is 0.331 e. The third-order valence-electron chi connectivity index (χ3n) is 3.48. The van der Waals surface area contributed by atoms with Gasteiger partial charge >= 0.3 is 6.03 Å². The Morgan fingerprint density at radius 1 is 1.32 bits per heavy atom. The number of rotatable bonds is 3. The van der Waals surface area contributed by atoms with Gasteiger partial charge in [-0.15, -0.1) is 0 Å². The van der Waals surface area contributed by atoms with Crippen LogP contribution in [0.5, 0.6) is 0 Å². The second kappa shape index (κ2) is 5.97. The molecule has 0 bridgehead atoms. The monoisotopic (exact) mass is 305 g/mol. The van der Waals surface area contributed by atoms with Crippen LogP contribution in [-0.2, 0) is 9.59 Å². The lowest BCUT2D eigenvalue weighted by Gasteiger charge is -2.20. The normalized spacial score (nSPS) is 14.2. The summed E-state index contributed by atoms with van der Waals surface area (Å²) in [4.78, 5) is 37.6. The van der Waals surface area contributed by atoms with Gasteiger partial charge in [0, 0.05) is 25.7 Å². The van der Waals surface area contributed by atoms with E-state index in [1.54, 1.807) is 25.1 Å². The highest BCUT2D eigenvalue weighted by Crippen LogP contribution is 2.29. The van der Waals surface area contributed by atoms with Crippen LogP contribution in [0.2, 0.25) is 0 Å². The molecule has 1 aliphatic heterocycles. The van der Waals surface area contributed by atoms with E-state index < -0.39 is 17.8 Å². The number of hydrogen-bond donors (Lipinski definition) is 1. The molecule has 0 aliphatic carbocycles. The zero-order chi connectivity index (χ0) is 16.4. The molecule has 4 amide bonds. The number of carbonyl (C=O) groups is 3. The quantitative estimate of drug-likeness (QED) is 0.870. The van der Waals surface area contributed by atoms with Gasteiger partial charge in [-0.05, 0) is 24.6 Å². The second-order valence-electron chi connectivity index (χ2n) is 4.91. The van der Waals surface area contributed by atoms with E-state index in [0.717, 1.165) is 4.90 Å². The number of halogens is 1. The molecule has 0 spiro atoms. The van der Waals surface area contributed by atoms with Gasteiger partial charge in [0.2, 0.25) is 5.91 Å². The van der Waals surface area contributed by atoms with Crippen LogP contribution in [0.3, 0.4) is 0 Å². The van der Waals surface area contributed by atoms with E-state index in [4.69, 9.17) is 0 Å². The molecule has 1 saturated heterocycles. The number of anilines is 2. The number of hydrogen-bond acceptors (Lipinski definition) is 3. The van der Waals surface area contributed by atoms with Crippen LogP contribution in [0.15, 0.2) is 30.6 Å². The van der Waals surface area contributed by atoms with E-state index in [1.807, 2.05) is 0 Å². The molecule has 0 atom stereocenters. The number of nitrogens with zero attached hydrogens (tertiary/aromatic N) is 2. The van der Waals surface area contributed by atoms with E-state index in [9.17, 15) is 18.8 Å². The van der Waals surface area contributed by atoms with Gasteiger partial charge < -0.3 is 5.32 Å². The Bertz CT molecular complexity index is 672. The lowest BCUT2D eigenvalue weighted by atomic mass is 10.1. The van der Waals surface area contributed by atoms with E-state index in [0.29, 0.717) is 30.0 Å². The first-order valence-electron chi connectivity index (χ1n) is 6.68. The molecular weight excluding hydrogens is 289 g/mol. The second-order valence-corrected chi connectivity index (χ2v) is 4.91. The summed E-state index contributed by atoms with van der Waals surface area (Å²) in [6.45, 7) is 6.65. The van der Waals surface area contributed by atoms with Crippen LogP contribution in [0, 0.1) is 6.92 Å². The van der Waals surface area contributed by atoms with E-state index in [-0.39, 0.29) is 5.91 Å². The Labute approximate surface area is 127 Å². The highest BCUT2D eigenvalue weighted by molar-refractivity contribution is 6.06. The van der Waals surface area contributed by atoms with Gasteiger partial charge in [-0.2, -0.15) is 0 Å². The summed E-state index contributed by atoms with van der Waals surface area (Å²) in [6.07, 6.45) is 0. The van der Waals surface area contributed by atoms with Crippen molar-refractivity contribution in [3.05, 3.63) is 36.2 Å². The fourth-order valence-corrected chi connectivity index (χ4v) is 2.29. The molecule has 1 aliphatic rings. The lowest BCUT2D eigenvalue weighted by Crippen LogP contribution is -2.35. The summed E-state index contributed by atoms with van der Waals surface area (Å²) in [6, 6.07) is 4.54. The summed E-state index contributed by atoms with van der Waals surface area (Å²) < 4.78 is 12.8. The molecule has 1 fully saturated rings. The highest BCUT2D eigenvalue weighted by Gasteiger charge is 2.33. The highest BCUT2D eigenvalue weighted by atomic mass is 19.1. The van der Waals surface area contributed by atoms with Crippen molar-refractivity contribution < 1.29 is 18.8 Å². The average Bonchev–Trinajstić information content (AvgIpc) is 2.83. The average molecular weight is 305 g/mol. The number of benzene rings is 1. The summed E-state index contributed by atoms with van der Waals surface area (Å²) in [7, 11) is 0. The molecule has 0 radical (unpaired) electrons. The standard InChI is InChI=1S/C15H16FN3O3/c1-9-12(17-14(21)10(2)16)5-4-6-13(9)19-8-7-18(11(3)20)15(19)22/h4-6H,2,7-8H2,1,3H3,(H,17,21). The minimum absolute atomic E-state index is 0.311. The Morgan fingerprint density at radius 3 is 2.55 bits per heavy atom. The van der Waals surface area contributed by atoms with Crippen molar-refractivity contribution in [3.8, 4) is 0 Å². The van der Waals surface area contributed by atoms with E-state index in [2.05, 4.69) is 11.9 Å². The third kappa shape index (κ3) is 2.83. The first kappa shape index (κ1) is 15.7. The molecule has 22 heavy (non-hydrogen) atoms. The molecule has 2 rings (SSSR count). The zero-order valence-corrected chi connectivity index (χ0v) is 12.4. The van der Waals surface area contributed by atoms with E-state index in [1.165, 1.54) is 11.8 Å². The summed E-state index contributed by atoms with van der Waals surface area (Å²) >= 11 is 0. The van der Waals surface area contributed by atoms with Crippen molar-refractivity contribution in [3.63, 3.8) is 0 Å². The lowest BCUT2D eigenvalue weighted by molar-refractivity contribution is -0.125. The number of amides is 4. The van der Waals surface area contributed by atoms with Crippen molar-refractivity contribution in [1.29, 1.82) is 0 Å². The third-order valence-corrected chi connectivity index (χ3v) is 3.48. The molecule has 7 heteroatoms. The van der Waals surface area contributed by atoms with Crippen LogP contribution in [0.25, 0.3) is 0 Å². The molecule has 1 N–H and O–H groups in total. The first-order valence-corrected chi connectivity index (χ1v) is 6.68. The Morgan fingerprint density at radius 2 is 2.00 bits per heavy atom. The molecule has 1 heterocycles. The van der Waals surface area contributed by atoms with Gasteiger partial charge in [0.15, 0.2) is 5.83 Å². The molecule has 1 aromatic rings. The smallest absolute Gasteiger partial charge is 0.320 e.